The van der Waals surface area contributed by atoms with Gasteiger partial charge in [-0.15, -0.1) is 0 Å². The van der Waals surface area contributed by atoms with Crippen molar-refractivity contribution in [2.75, 3.05) is 46.0 Å². The van der Waals surface area contributed by atoms with Crippen molar-refractivity contribution in [1.82, 2.24) is 19.8 Å². The first kappa shape index (κ1) is 19.4. The lowest BCUT2D eigenvalue weighted by atomic mass is 9.61. The Morgan fingerprint density at radius 3 is 2.86 bits per heavy atom. The maximum atomic E-state index is 13.1. The van der Waals surface area contributed by atoms with Crippen LogP contribution in [0.5, 0.6) is 0 Å². The number of likely N-dealkylation sites (tertiary alicyclic amines) is 1. The van der Waals surface area contributed by atoms with Crippen LogP contribution in [0.2, 0.25) is 0 Å². The van der Waals surface area contributed by atoms with Crippen LogP contribution in [0, 0.1) is 11.3 Å². The molecule has 0 spiro atoms. The summed E-state index contributed by atoms with van der Waals surface area (Å²) in [4.78, 5) is 37.1. The highest BCUT2D eigenvalue weighted by Gasteiger charge is 2.54. The van der Waals surface area contributed by atoms with E-state index in [4.69, 9.17) is 9.47 Å². The maximum absolute atomic E-state index is 13.1. The van der Waals surface area contributed by atoms with Gasteiger partial charge in [-0.2, -0.15) is 0 Å². The quantitative estimate of drug-likeness (QED) is 0.780. The van der Waals surface area contributed by atoms with E-state index in [1.807, 2.05) is 6.92 Å². The number of carbonyl (C=O) groups excluding carboxylic acids is 2. The molecule has 3 atom stereocenters. The van der Waals surface area contributed by atoms with Crippen molar-refractivity contribution >= 4 is 11.9 Å². The molecule has 1 aliphatic carbocycles. The summed E-state index contributed by atoms with van der Waals surface area (Å²) in [6, 6.07) is 0.492. The van der Waals surface area contributed by atoms with Crippen LogP contribution in [0.25, 0.3) is 0 Å². The molecule has 0 unspecified atom stereocenters. The van der Waals surface area contributed by atoms with E-state index in [1.54, 1.807) is 11.1 Å². The van der Waals surface area contributed by atoms with Gasteiger partial charge in [0.25, 0.3) is 5.91 Å². The first-order chi connectivity index (χ1) is 13.6. The van der Waals surface area contributed by atoms with Gasteiger partial charge in [0.05, 0.1) is 37.8 Å². The molecule has 2 aliphatic heterocycles. The van der Waals surface area contributed by atoms with E-state index in [0.717, 1.165) is 52.0 Å². The van der Waals surface area contributed by atoms with Crippen molar-refractivity contribution in [3.63, 3.8) is 0 Å². The Balaban J connectivity index is 1.52. The molecule has 28 heavy (non-hydrogen) atoms. The van der Waals surface area contributed by atoms with Gasteiger partial charge in [-0.05, 0) is 38.5 Å². The number of amides is 1. The zero-order chi connectivity index (χ0) is 19.6. The minimum atomic E-state index is -0.591. The van der Waals surface area contributed by atoms with Gasteiger partial charge in [-0.1, -0.05) is 0 Å². The standard InChI is InChI=1S/C20H30N4O4/c1-2-28-19(26)20-5-3-16(23-7-9-27-10-8-23)11-15(20)4-6-24(13-20)18(25)17-12-21-14-22-17/h12,14-16H,2-11,13H2,1H3,(H,21,22)/t15-,16-,20-/m1/s1. The Kier molecular flexibility index (Phi) is 5.68. The largest absolute Gasteiger partial charge is 0.466 e. The summed E-state index contributed by atoms with van der Waals surface area (Å²) >= 11 is 0. The number of ether oxygens (including phenoxy) is 2. The number of piperidine rings is 1. The van der Waals surface area contributed by atoms with Gasteiger partial charge < -0.3 is 19.4 Å². The molecular formula is C20H30N4O4. The second-order valence-electron chi connectivity index (χ2n) is 8.13. The zero-order valence-electron chi connectivity index (χ0n) is 16.6. The predicted molar refractivity (Wildman–Crippen MR) is 102 cm³/mol. The normalized spacial score (nSPS) is 31.2. The van der Waals surface area contributed by atoms with E-state index in [1.165, 1.54) is 6.33 Å². The summed E-state index contributed by atoms with van der Waals surface area (Å²) in [6.45, 7) is 6.83. The summed E-state index contributed by atoms with van der Waals surface area (Å²) in [6.07, 6.45) is 6.60. The van der Waals surface area contributed by atoms with E-state index >= 15 is 0 Å². The number of morpholine rings is 1. The third-order valence-electron chi connectivity index (χ3n) is 6.74. The highest BCUT2D eigenvalue weighted by molar-refractivity contribution is 5.92. The number of carbonyl (C=O) groups is 2. The zero-order valence-corrected chi connectivity index (χ0v) is 16.6. The molecule has 3 heterocycles. The SMILES string of the molecule is CCOC(=O)[C@@]12CC[C@@H](N3CCOCC3)C[C@H]1CCN(C(=O)c1cnc[nH]1)C2. The summed E-state index contributed by atoms with van der Waals surface area (Å²) in [5.41, 5.74) is -0.119. The predicted octanol–water partition coefficient (Wildman–Crippen LogP) is 1.31. The second-order valence-corrected chi connectivity index (χ2v) is 8.13. The molecule has 0 aromatic carbocycles. The second kappa shape index (κ2) is 8.21. The molecule has 4 rings (SSSR count). The van der Waals surface area contributed by atoms with Crippen molar-refractivity contribution < 1.29 is 19.1 Å². The first-order valence-corrected chi connectivity index (χ1v) is 10.4. The summed E-state index contributed by atoms with van der Waals surface area (Å²) < 4.78 is 11.0. The smallest absolute Gasteiger partial charge is 0.314 e. The minimum absolute atomic E-state index is 0.0880. The number of rotatable bonds is 4. The fourth-order valence-electron chi connectivity index (χ4n) is 5.23. The van der Waals surface area contributed by atoms with Gasteiger partial charge in [-0.3, -0.25) is 14.5 Å². The van der Waals surface area contributed by atoms with Crippen molar-refractivity contribution in [1.29, 1.82) is 0 Å². The van der Waals surface area contributed by atoms with Crippen molar-refractivity contribution in [2.45, 2.75) is 38.6 Å². The maximum Gasteiger partial charge on any atom is 0.314 e. The fourth-order valence-corrected chi connectivity index (χ4v) is 5.23. The number of esters is 1. The Morgan fingerprint density at radius 1 is 1.32 bits per heavy atom. The van der Waals surface area contributed by atoms with Crippen molar-refractivity contribution in [2.24, 2.45) is 11.3 Å². The molecule has 0 bridgehead atoms. The molecule has 0 radical (unpaired) electrons. The van der Waals surface area contributed by atoms with E-state index in [2.05, 4.69) is 14.9 Å². The highest BCUT2D eigenvalue weighted by Crippen LogP contribution is 2.48. The van der Waals surface area contributed by atoms with Gasteiger partial charge in [0, 0.05) is 32.2 Å². The van der Waals surface area contributed by atoms with Gasteiger partial charge in [-0.25, -0.2) is 4.98 Å². The third kappa shape index (κ3) is 3.55. The lowest BCUT2D eigenvalue weighted by molar-refractivity contribution is -0.168. The molecule has 1 saturated carbocycles. The molecule has 8 heteroatoms. The first-order valence-electron chi connectivity index (χ1n) is 10.4. The van der Waals surface area contributed by atoms with Crippen LogP contribution in [0.3, 0.4) is 0 Å². The van der Waals surface area contributed by atoms with Crippen LogP contribution in [0.4, 0.5) is 0 Å². The topological polar surface area (TPSA) is 87.8 Å². The van der Waals surface area contributed by atoms with Crippen LogP contribution in [0.1, 0.15) is 43.1 Å². The lowest BCUT2D eigenvalue weighted by Gasteiger charge is -2.52. The molecule has 3 fully saturated rings. The summed E-state index contributed by atoms with van der Waals surface area (Å²) in [5.74, 6) is 0.0245. The van der Waals surface area contributed by atoms with Gasteiger partial charge >= 0.3 is 5.97 Å². The van der Waals surface area contributed by atoms with E-state index in [9.17, 15) is 9.59 Å². The number of H-pyrrole nitrogens is 1. The third-order valence-corrected chi connectivity index (χ3v) is 6.74. The van der Waals surface area contributed by atoms with Crippen LogP contribution in [0.15, 0.2) is 12.5 Å². The monoisotopic (exact) mass is 390 g/mol. The average molecular weight is 390 g/mol. The van der Waals surface area contributed by atoms with E-state index < -0.39 is 5.41 Å². The minimum Gasteiger partial charge on any atom is -0.466 e. The van der Waals surface area contributed by atoms with Gasteiger partial charge in [0.2, 0.25) is 0 Å². The highest BCUT2D eigenvalue weighted by atomic mass is 16.5. The molecule has 1 aromatic rings. The average Bonchev–Trinajstić information content (AvgIpc) is 3.28. The molecule has 154 valence electrons. The fraction of sp³-hybridized carbons (Fsp3) is 0.750. The number of hydrogen-bond acceptors (Lipinski definition) is 6. The summed E-state index contributed by atoms with van der Waals surface area (Å²) in [5, 5.41) is 0. The number of nitrogens with zero attached hydrogens (tertiary/aromatic N) is 3. The molecular weight excluding hydrogens is 360 g/mol. The van der Waals surface area contributed by atoms with E-state index in [-0.39, 0.29) is 17.8 Å². The Morgan fingerprint density at radius 2 is 2.14 bits per heavy atom. The van der Waals surface area contributed by atoms with Gasteiger partial charge in [0.1, 0.15) is 5.69 Å². The number of nitrogens with one attached hydrogen (secondary N) is 1. The number of imidazole rings is 1. The van der Waals surface area contributed by atoms with Gasteiger partial charge in [0.15, 0.2) is 0 Å². The number of aromatic nitrogens is 2. The van der Waals surface area contributed by atoms with Crippen molar-refractivity contribution in [3.8, 4) is 0 Å². The molecule has 1 amide bonds. The lowest BCUT2D eigenvalue weighted by Crippen LogP contribution is -2.59. The van der Waals surface area contributed by atoms with Crippen LogP contribution >= 0.6 is 0 Å². The van der Waals surface area contributed by atoms with Crippen molar-refractivity contribution in [3.05, 3.63) is 18.2 Å². The summed E-state index contributed by atoms with van der Waals surface area (Å²) in [7, 11) is 0. The molecule has 3 aliphatic rings. The Bertz CT molecular complexity index is 688. The molecule has 2 saturated heterocycles. The number of hydrogen-bond donors (Lipinski definition) is 1. The molecule has 1 N–H and O–H groups in total. The Hall–Kier alpha value is -1.93. The van der Waals surface area contributed by atoms with Crippen LogP contribution < -0.4 is 0 Å². The van der Waals surface area contributed by atoms with Crippen LogP contribution in [-0.4, -0.2) is 83.7 Å². The molecule has 1 aromatic heterocycles. The van der Waals surface area contributed by atoms with E-state index in [0.29, 0.717) is 31.4 Å². The number of fused-ring (bicyclic) bond motifs is 1. The Labute approximate surface area is 165 Å². The van der Waals surface area contributed by atoms with Crippen LogP contribution in [-0.2, 0) is 14.3 Å². The molecule has 8 nitrogen and oxygen atoms in total. The number of aromatic amines is 1.